The number of aliphatic hydroxyl groups excluding tert-OH is 1. The van der Waals surface area contributed by atoms with Crippen molar-refractivity contribution in [1.82, 2.24) is 10.2 Å². The molecule has 0 spiro atoms. The lowest BCUT2D eigenvalue weighted by Crippen LogP contribution is -2.46. The summed E-state index contributed by atoms with van der Waals surface area (Å²) in [4.78, 5) is 14.1. The SMILES string of the molecule is O=C(CN(CCCO)C1CCC1)NCc1ccco1. The summed E-state index contributed by atoms with van der Waals surface area (Å²) in [5.41, 5.74) is 0. The Morgan fingerprint density at radius 2 is 2.37 bits per heavy atom. The Bertz CT molecular complexity index is 374. The molecule has 1 saturated carbocycles. The second-order valence-corrected chi connectivity index (χ2v) is 4.99. The quantitative estimate of drug-likeness (QED) is 0.740. The standard InChI is InChI=1S/C14H22N2O3/c17-8-3-7-16(12-4-1-5-12)11-14(18)15-10-13-6-2-9-19-13/h2,6,9,12,17H,1,3-5,7-8,10-11H2,(H,15,18). The predicted octanol–water partition coefficient (Wildman–Crippen LogP) is 1.13. The van der Waals surface area contributed by atoms with Crippen molar-refractivity contribution in [2.45, 2.75) is 38.3 Å². The van der Waals surface area contributed by atoms with Gasteiger partial charge in [-0.1, -0.05) is 6.42 Å². The van der Waals surface area contributed by atoms with Crippen molar-refractivity contribution in [2.24, 2.45) is 0 Å². The minimum absolute atomic E-state index is 0.0150. The fourth-order valence-corrected chi connectivity index (χ4v) is 2.26. The first-order valence-electron chi connectivity index (χ1n) is 6.93. The Morgan fingerprint density at radius 3 is 2.95 bits per heavy atom. The maximum Gasteiger partial charge on any atom is 0.234 e. The Labute approximate surface area is 113 Å². The lowest BCUT2D eigenvalue weighted by Gasteiger charge is -2.37. The van der Waals surface area contributed by atoms with Gasteiger partial charge < -0.3 is 14.8 Å². The highest BCUT2D eigenvalue weighted by Crippen LogP contribution is 2.24. The summed E-state index contributed by atoms with van der Waals surface area (Å²) in [5, 5.41) is 11.8. The molecule has 19 heavy (non-hydrogen) atoms. The van der Waals surface area contributed by atoms with Gasteiger partial charge in [0.1, 0.15) is 5.76 Å². The average Bonchev–Trinajstić information content (AvgIpc) is 2.84. The van der Waals surface area contributed by atoms with Gasteiger partial charge in [-0.15, -0.1) is 0 Å². The number of furan rings is 1. The fourth-order valence-electron chi connectivity index (χ4n) is 2.26. The van der Waals surface area contributed by atoms with Crippen LogP contribution in [0.2, 0.25) is 0 Å². The highest BCUT2D eigenvalue weighted by molar-refractivity contribution is 5.78. The van der Waals surface area contributed by atoms with Crippen LogP contribution in [0.25, 0.3) is 0 Å². The highest BCUT2D eigenvalue weighted by Gasteiger charge is 2.25. The van der Waals surface area contributed by atoms with Crippen molar-refractivity contribution in [2.75, 3.05) is 19.7 Å². The minimum atomic E-state index is 0.0150. The lowest BCUT2D eigenvalue weighted by molar-refractivity contribution is -0.123. The first-order chi connectivity index (χ1) is 9.29. The number of aliphatic hydroxyl groups is 1. The lowest BCUT2D eigenvalue weighted by atomic mass is 9.91. The van der Waals surface area contributed by atoms with Gasteiger partial charge in [-0.3, -0.25) is 9.69 Å². The summed E-state index contributed by atoms with van der Waals surface area (Å²) < 4.78 is 5.17. The molecular weight excluding hydrogens is 244 g/mol. The third kappa shape index (κ3) is 4.36. The average molecular weight is 266 g/mol. The maximum atomic E-state index is 11.9. The van der Waals surface area contributed by atoms with Gasteiger partial charge in [0, 0.05) is 19.2 Å². The topological polar surface area (TPSA) is 65.7 Å². The molecule has 1 aromatic rings. The van der Waals surface area contributed by atoms with Crippen molar-refractivity contribution in [3.63, 3.8) is 0 Å². The number of hydrogen-bond acceptors (Lipinski definition) is 4. The van der Waals surface area contributed by atoms with E-state index in [9.17, 15) is 4.79 Å². The van der Waals surface area contributed by atoms with Crippen LogP contribution in [-0.4, -0.2) is 41.7 Å². The molecule has 1 fully saturated rings. The molecule has 0 aromatic carbocycles. The van der Waals surface area contributed by atoms with Crippen LogP contribution in [0.5, 0.6) is 0 Å². The first-order valence-corrected chi connectivity index (χ1v) is 6.93. The molecule has 0 saturated heterocycles. The van der Waals surface area contributed by atoms with E-state index in [4.69, 9.17) is 9.52 Å². The van der Waals surface area contributed by atoms with Gasteiger partial charge in [0.05, 0.1) is 19.4 Å². The monoisotopic (exact) mass is 266 g/mol. The van der Waals surface area contributed by atoms with Crippen molar-refractivity contribution in [3.8, 4) is 0 Å². The molecule has 2 N–H and O–H groups in total. The van der Waals surface area contributed by atoms with Gasteiger partial charge in [-0.25, -0.2) is 0 Å². The molecule has 2 rings (SSSR count). The second-order valence-electron chi connectivity index (χ2n) is 4.99. The van der Waals surface area contributed by atoms with E-state index in [2.05, 4.69) is 10.2 Å². The number of hydrogen-bond donors (Lipinski definition) is 2. The second kappa shape index (κ2) is 7.31. The van der Waals surface area contributed by atoms with Gasteiger partial charge >= 0.3 is 0 Å². The highest BCUT2D eigenvalue weighted by atomic mass is 16.3. The van der Waals surface area contributed by atoms with E-state index in [1.54, 1.807) is 6.26 Å². The molecule has 1 amide bonds. The molecule has 1 heterocycles. The zero-order valence-corrected chi connectivity index (χ0v) is 11.2. The summed E-state index contributed by atoms with van der Waals surface area (Å²) in [5.74, 6) is 0.778. The predicted molar refractivity (Wildman–Crippen MR) is 71.5 cm³/mol. The van der Waals surface area contributed by atoms with E-state index in [1.165, 1.54) is 6.42 Å². The van der Waals surface area contributed by atoms with Gasteiger partial charge in [-0.05, 0) is 31.4 Å². The summed E-state index contributed by atoms with van der Waals surface area (Å²) >= 11 is 0. The normalized spacial score (nSPS) is 15.5. The molecule has 0 unspecified atom stereocenters. The van der Waals surface area contributed by atoms with E-state index >= 15 is 0 Å². The number of amides is 1. The third-order valence-corrected chi connectivity index (χ3v) is 3.58. The van der Waals surface area contributed by atoms with Gasteiger partial charge in [0.25, 0.3) is 0 Å². The van der Waals surface area contributed by atoms with Crippen LogP contribution in [0.4, 0.5) is 0 Å². The smallest absolute Gasteiger partial charge is 0.234 e. The summed E-state index contributed by atoms with van der Waals surface area (Å²) in [6.45, 7) is 1.81. The molecule has 1 aliphatic carbocycles. The Balaban J connectivity index is 1.73. The van der Waals surface area contributed by atoms with Crippen LogP contribution in [0, 0.1) is 0 Å². The van der Waals surface area contributed by atoms with E-state index in [-0.39, 0.29) is 12.5 Å². The molecule has 1 aromatic heterocycles. The molecule has 5 heteroatoms. The van der Waals surface area contributed by atoms with Crippen LogP contribution in [0.1, 0.15) is 31.4 Å². The fraction of sp³-hybridized carbons (Fsp3) is 0.643. The van der Waals surface area contributed by atoms with Gasteiger partial charge in [-0.2, -0.15) is 0 Å². The molecule has 0 bridgehead atoms. The van der Waals surface area contributed by atoms with Crippen LogP contribution in [0.15, 0.2) is 22.8 Å². The van der Waals surface area contributed by atoms with E-state index < -0.39 is 0 Å². The zero-order chi connectivity index (χ0) is 13.5. The summed E-state index contributed by atoms with van der Waals surface area (Å²) in [7, 11) is 0. The largest absolute Gasteiger partial charge is 0.467 e. The number of carbonyl (C=O) groups is 1. The molecule has 106 valence electrons. The number of carbonyl (C=O) groups excluding carboxylic acids is 1. The first kappa shape index (κ1) is 14.1. The Morgan fingerprint density at radius 1 is 1.53 bits per heavy atom. The zero-order valence-electron chi connectivity index (χ0n) is 11.2. The van der Waals surface area contributed by atoms with Gasteiger partial charge in [0.15, 0.2) is 0 Å². The Hall–Kier alpha value is -1.33. The van der Waals surface area contributed by atoms with Crippen molar-refractivity contribution in [1.29, 1.82) is 0 Å². The van der Waals surface area contributed by atoms with Crippen LogP contribution >= 0.6 is 0 Å². The summed E-state index contributed by atoms with van der Waals surface area (Å²) in [6.07, 6.45) is 5.90. The van der Waals surface area contributed by atoms with Crippen molar-refractivity contribution in [3.05, 3.63) is 24.2 Å². The maximum absolute atomic E-state index is 11.9. The molecule has 1 aliphatic rings. The molecule has 0 atom stereocenters. The molecular formula is C14H22N2O3. The number of rotatable bonds is 8. The van der Waals surface area contributed by atoms with Crippen molar-refractivity contribution < 1.29 is 14.3 Å². The van der Waals surface area contributed by atoms with Crippen LogP contribution < -0.4 is 5.32 Å². The van der Waals surface area contributed by atoms with Crippen LogP contribution in [-0.2, 0) is 11.3 Å². The van der Waals surface area contributed by atoms with E-state index in [0.29, 0.717) is 19.1 Å². The molecule has 5 nitrogen and oxygen atoms in total. The van der Waals surface area contributed by atoms with E-state index in [1.807, 2.05) is 12.1 Å². The number of nitrogens with zero attached hydrogens (tertiary/aromatic N) is 1. The van der Waals surface area contributed by atoms with Crippen molar-refractivity contribution >= 4 is 5.91 Å². The molecule has 0 aliphatic heterocycles. The summed E-state index contributed by atoms with van der Waals surface area (Å²) in [6, 6.07) is 4.17. The third-order valence-electron chi connectivity index (χ3n) is 3.58. The minimum Gasteiger partial charge on any atom is -0.467 e. The van der Waals surface area contributed by atoms with Gasteiger partial charge in [0.2, 0.25) is 5.91 Å². The molecule has 0 radical (unpaired) electrons. The van der Waals surface area contributed by atoms with E-state index in [0.717, 1.165) is 31.6 Å². The Kier molecular flexibility index (Phi) is 5.42. The number of nitrogens with one attached hydrogen (secondary N) is 1. The van der Waals surface area contributed by atoms with Crippen LogP contribution in [0.3, 0.4) is 0 Å².